The summed E-state index contributed by atoms with van der Waals surface area (Å²) in [6.45, 7) is 2.65. The molecule has 2 atom stereocenters. The number of carbonyl (C=O) groups excluding carboxylic acids is 2. The van der Waals surface area contributed by atoms with Crippen LogP contribution in [0.2, 0.25) is 0 Å². The number of pyridine rings is 1. The summed E-state index contributed by atoms with van der Waals surface area (Å²) in [7, 11) is -3.42. The monoisotopic (exact) mass is 341 g/mol. The largest absolute Gasteiger partial charge is 0.396 e. The van der Waals surface area contributed by atoms with Crippen molar-refractivity contribution >= 4 is 27.3 Å². The molecule has 8 nitrogen and oxygen atoms in total. The molecule has 1 aromatic heterocycles. The number of likely N-dealkylation sites (tertiary alicyclic amines) is 1. The Bertz CT molecular complexity index is 702. The molecule has 0 spiro atoms. The highest BCUT2D eigenvalue weighted by Gasteiger charge is 2.34. The second-order valence-corrected chi connectivity index (χ2v) is 7.70. The molecule has 23 heavy (non-hydrogen) atoms. The van der Waals surface area contributed by atoms with E-state index in [9.17, 15) is 23.1 Å². The molecule has 2 rings (SSSR count). The van der Waals surface area contributed by atoms with Crippen LogP contribution in [0, 0.1) is 11.8 Å². The highest BCUT2D eigenvalue weighted by atomic mass is 32.2. The van der Waals surface area contributed by atoms with Crippen LogP contribution in [0.3, 0.4) is 0 Å². The number of sulfone groups is 1. The Morgan fingerprint density at radius 3 is 2.57 bits per heavy atom. The van der Waals surface area contributed by atoms with Crippen molar-refractivity contribution in [3.8, 4) is 0 Å². The Kier molecular flexibility index (Phi) is 5.00. The molecular formula is C14H19N3O5S. The molecule has 0 saturated carbocycles. The van der Waals surface area contributed by atoms with E-state index in [1.54, 1.807) is 0 Å². The first-order valence-electron chi connectivity index (χ1n) is 7.09. The van der Waals surface area contributed by atoms with Gasteiger partial charge in [0.05, 0.1) is 11.9 Å². The summed E-state index contributed by atoms with van der Waals surface area (Å²) < 4.78 is 22.6. The fourth-order valence-corrected chi connectivity index (χ4v) is 3.00. The lowest BCUT2D eigenvalue weighted by molar-refractivity contribution is -0.142. The van der Waals surface area contributed by atoms with Gasteiger partial charge in [0, 0.05) is 31.9 Å². The van der Waals surface area contributed by atoms with Gasteiger partial charge in [-0.2, -0.15) is 0 Å². The van der Waals surface area contributed by atoms with Crippen LogP contribution in [0.25, 0.3) is 0 Å². The standard InChI is InChI=1S/C14H19N3O5S/c1-9-6-17(7-10(9)8-18)14(20)13(19)16-11-3-4-12(15-5-11)23(2,21)22/h3-5,9-10,18H,6-8H2,1-2H3,(H,16,19)/t9-,10+/m1/s1. The van der Waals surface area contributed by atoms with Gasteiger partial charge in [0.1, 0.15) is 0 Å². The summed E-state index contributed by atoms with van der Waals surface area (Å²) in [5.41, 5.74) is 0.238. The van der Waals surface area contributed by atoms with Gasteiger partial charge in [-0.1, -0.05) is 6.92 Å². The van der Waals surface area contributed by atoms with Crippen molar-refractivity contribution < 1.29 is 23.1 Å². The van der Waals surface area contributed by atoms with Crippen LogP contribution in [0.15, 0.2) is 23.4 Å². The lowest BCUT2D eigenvalue weighted by atomic mass is 10.00. The van der Waals surface area contributed by atoms with Crippen LogP contribution in [-0.4, -0.2) is 61.2 Å². The molecule has 1 fully saturated rings. The average molecular weight is 341 g/mol. The summed E-state index contributed by atoms with van der Waals surface area (Å²) in [6.07, 6.45) is 2.22. The summed E-state index contributed by atoms with van der Waals surface area (Å²) in [5.74, 6) is -1.39. The Balaban J connectivity index is 2.00. The summed E-state index contributed by atoms with van der Waals surface area (Å²) >= 11 is 0. The molecule has 2 N–H and O–H groups in total. The lowest BCUT2D eigenvalue weighted by Crippen LogP contribution is -2.38. The van der Waals surface area contributed by atoms with E-state index in [-0.39, 0.29) is 29.2 Å². The number of amides is 2. The first kappa shape index (κ1) is 17.4. The molecule has 2 heterocycles. The Labute approximate surface area is 134 Å². The van der Waals surface area contributed by atoms with Crippen LogP contribution in [0.4, 0.5) is 5.69 Å². The number of aromatic nitrogens is 1. The molecule has 1 saturated heterocycles. The quantitative estimate of drug-likeness (QED) is 0.717. The SMILES string of the molecule is C[C@@H]1CN(C(=O)C(=O)Nc2ccc(S(C)(=O)=O)nc2)C[C@H]1CO. The number of anilines is 1. The van der Waals surface area contributed by atoms with Gasteiger partial charge < -0.3 is 15.3 Å². The van der Waals surface area contributed by atoms with Crippen LogP contribution in [-0.2, 0) is 19.4 Å². The number of hydrogen-bond acceptors (Lipinski definition) is 6. The molecule has 9 heteroatoms. The van der Waals surface area contributed by atoms with E-state index < -0.39 is 21.7 Å². The molecule has 0 unspecified atom stereocenters. The first-order chi connectivity index (χ1) is 10.7. The van der Waals surface area contributed by atoms with Gasteiger partial charge in [-0.25, -0.2) is 13.4 Å². The van der Waals surface area contributed by atoms with Crippen LogP contribution in [0.5, 0.6) is 0 Å². The Hall–Kier alpha value is -2.00. The van der Waals surface area contributed by atoms with E-state index in [0.29, 0.717) is 13.1 Å². The first-order valence-corrected chi connectivity index (χ1v) is 8.98. The summed E-state index contributed by atoms with van der Waals surface area (Å²) in [5, 5.41) is 11.5. The van der Waals surface area contributed by atoms with Gasteiger partial charge in [-0.15, -0.1) is 0 Å². The second kappa shape index (κ2) is 6.63. The highest BCUT2D eigenvalue weighted by Crippen LogP contribution is 2.22. The van der Waals surface area contributed by atoms with E-state index >= 15 is 0 Å². The summed E-state index contributed by atoms with van der Waals surface area (Å²) in [4.78, 5) is 29.2. The molecule has 0 aromatic carbocycles. The van der Waals surface area contributed by atoms with Gasteiger partial charge in [-0.3, -0.25) is 9.59 Å². The van der Waals surface area contributed by atoms with Crippen LogP contribution < -0.4 is 5.32 Å². The third-order valence-corrected chi connectivity index (χ3v) is 4.86. The van der Waals surface area contributed by atoms with E-state index in [1.807, 2.05) is 6.92 Å². The van der Waals surface area contributed by atoms with Crippen molar-refractivity contribution in [1.29, 1.82) is 0 Å². The topological polar surface area (TPSA) is 117 Å². The molecule has 1 aromatic rings. The van der Waals surface area contributed by atoms with Crippen LogP contribution >= 0.6 is 0 Å². The van der Waals surface area contributed by atoms with Gasteiger partial charge in [0.2, 0.25) is 0 Å². The number of nitrogens with one attached hydrogen (secondary N) is 1. The second-order valence-electron chi connectivity index (χ2n) is 5.74. The van der Waals surface area contributed by atoms with Crippen molar-refractivity contribution in [3.63, 3.8) is 0 Å². The average Bonchev–Trinajstić information content (AvgIpc) is 2.87. The molecule has 1 aliphatic rings. The minimum absolute atomic E-state index is 0.0244. The zero-order valence-electron chi connectivity index (χ0n) is 12.9. The van der Waals surface area contributed by atoms with Crippen molar-refractivity contribution in [1.82, 2.24) is 9.88 Å². The molecule has 0 radical (unpaired) electrons. The number of aliphatic hydroxyl groups is 1. The minimum Gasteiger partial charge on any atom is -0.396 e. The third-order valence-electron chi connectivity index (χ3n) is 3.86. The fraction of sp³-hybridized carbons (Fsp3) is 0.500. The number of carbonyl (C=O) groups is 2. The number of hydrogen-bond donors (Lipinski definition) is 2. The smallest absolute Gasteiger partial charge is 0.313 e. The van der Waals surface area contributed by atoms with E-state index in [2.05, 4.69) is 10.3 Å². The number of rotatable bonds is 3. The molecule has 2 amide bonds. The van der Waals surface area contributed by atoms with Crippen molar-refractivity contribution in [2.24, 2.45) is 11.8 Å². The predicted octanol–water partition coefficient (Wildman–Crippen LogP) is -0.490. The number of aliphatic hydroxyl groups excluding tert-OH is 1. The maximum absolute atomic E-state index is 12.1. The zero-order valence-corrected chi connectivity index (χ0v) is 13.7. The third kappa shape index (κ3) is 4.05. The van der Waals surface area contributed by atoms with E-state index in [4.69, 9.17) is 0 Å². The normalized spacial score (nSPS) is 21.3. The summed E-state index contributed by atoms with van der Waals surface area (Å²) in [6, 6.07) is 2.63. The van der Waals surface area contributed by atoms with E-state index in [0.717, 1.165) is 6.26 Å². The predicted molar refractivity (Wildman–Crippen MR) is 82.3 cm³/mol. The Morgan fingerprint density at radius 2 is 2.09 bits per heavy atom. The van der Waals surface area contributed by atoms with E-state index in [1.165, 1.54) is 23.2 Å². The molecule has 126 valence electrons. The molecule has 0 aliphatic carbocycles. The van der Waals surface area contributed by atoms with Crippen molar-refractivity contribution in [2.45, 2.75) is 11.9 Å². The molecule has 1 aliphatic heterocycles. The van der Waals surface area contributed by atoms with Gasteiger partial charge >= 0.3 is 11.8 Å². The maximum Gasteiger partial charge on any atom is 0.313 e. The van der Waals surface area contributed by atoms with Gasteiger partial charge in [-0.05, 0) is 18.1 Å². The van der Waals surface area contributed by atoms with Crippen molar-refractivity contribution in [2.75, 3.05) is 31.3 Å². The number of nitrogens with zero attached hydrogens (tertiary/aromatic N) is 2. The van der Waals surface area contributed by atoms with Gasteiger partial charge in [0.15, 0.2) is 14.9 Å². The molecule has 0 bridgehead atoms. The minimum atomic E-state index is -3.42. The fourth-order valence-electron chi connectivity index (χ4n) is 2.44. The Morgan fingerprint density at radius 1 is 1.39 bits per heavy atom. The highest BCUT2D eigenvalue weighted by molar-refractivity contribution is 7.90. The van der Waals surface area contributed by atoms with Crippen LogP contribution in [0.1, 0.15) is 6.92 Å². The maximum atomic E-state index is 12.1. The van der Waals surface area contributed by atoms with Gasteiger partial charge in [0.25, 0.3) is 0 Å². The molecular weight excluding hydrogens is 322 g/mol. The zero-order chi connectivity index (χ0) is 17.2. The van der Waals surface area contributed by atoms with Crippen molar-refractivity contribution in [3.05, 3.63) is 18.3 Å². The lowest BCUT2D eigenvalue weighted by Gasteiger charge is -2.15.